The maximum absolute atomic E-state index is 5.18. The second-order valence-corrected chi connectivity index (χ2v) is 16.9. The molecule has 0 saturated heterocycles. The number of hydrogen-bond donors (Lipinski definition) is 0. The first kappa shape index (κ1) is 37.0. The van der Waals surface area contributed by atoms with Gasteiger partial charge in [0.15, 0.2) is 0 Å². The van der Waals surface area contributed by atoms with Crippen molar-refractivity contribution in [2.45, 2.75) is 6.04 Å². The van der Waals surface area contributed by atoms with Crippen molar-refractivity contribution in [3.63, 3.8) is 0 Å². The van der Waals surface area contributed by atoms with Crippen LogP contribution >= 0.6 is 0 Å². The van der Waals surface area contributed by atoms with Crippen LogP contribution < -0.4 is 0 Å². The molecule has 0 saturated carbocycles. The summed E-state index contributed by atoms with van der Waals surface area (Å²) in [5.41, 5.74) is 14.7. The van der Waals surface area contributed by atoms with Crippen molar-refractivity contribution in [2.24, 2.45) is 9.98 Å². The number of imidazole rings is 1. The van der Waals surface area contributed by atoms with Gasteiger partial charge in [0.25, 0.3) is 0 Å². The van der Waals surface area contributed by atoms with Gasteiger partial charge in [0, 0.05) is 40.3 Å². The van der Waals surface area contributed by atoms with E-state index in [4.69, 9.17) is 9.98 Å². The van der Waals surface area contributed by atoms with Gasteiger partial charge in [-0.05, 0) is 122 Å². The van der Waals surface area contributed by atoms with Gasteiger partial charge in [0.05, 0.1) is 34.8 Å². The molecule has 9 aromatic carbocycles. The Morgan fingerprint density at radius 2 is 1.12 bits per heavy atom. The van der Waals surface area contributed by atoms with Crippen molar-refractivity contribution in [2.75, 3.05) is 6.54 Å². The van der Waals surface area contributed by atoms with Crippen LogP contribution in [0.5, 0.6) is 0 Å². The monoisotopic (exact) mass is 832 g/mol. The van der Waals surface area contributed by atoms with E-state index in [1.165, 1.54) is 54.7 Å². The van der Waals surface area contributed by atoms with Gasteiger partial charge in [0.1, 0.15) is 5.82 Å². The number of benzene rings is 9. The van der Waals surface area contributed by atoms with Crippen LogP contribution in [-0.4, -0.2) is 37.7 Å². The molecule has 0 N–H and O–H groups in total. The van der Waals surface area contributed by atoms with E-state index in [1.54, 1.807) is 6.21 Å². The van der Waals surface area contributed by atoms with Crippen LogP contribution in [-0.2, 0) is 0 Å². The molecule has 2 aliphatic rings. The molecule has 0 aliphatic carbocycles. The summed E-state index contributed by atoms with van der Waals surface area (Å²) in [6.07, 6.45) is 5.81. The highest BCUT2D eigenvalue weighted by Gasteiger charge is 2.26. The molecule has 1 unspecified atom stereocenters. The largest absolute Gasteiger partial charge is 0.315 e. The van der Waals surface area contributed by atoms with E-state index in [0.29, 0.717) is 0 Å². The fraction of sp³-hybridized carbons (Fsp3) is 0.0339. The molecule has 306 valence electrons. The molecule has 2 aromatic heterocycles. The summed E-state index contributed by atoms with van der Waals surface area (Å²) in [6, 6.07) is 74.7. The number of hydrogen-bond acceptors (Lipinski definition) is 4. The Balaban J connectivity index is 0.955. The zero-order valence-electron chi connectivity index (χ0n) is 35.3. The number of rotatable bonds is 7. The van der Waals surface area contributed by atoms with Crippen molar-refractivity contribution in [1.82, 2.24) is 19.0 Å². The van der Waals surface area contributed by atoms with Gasteiger partial charge >= 0.3 is 0 Å². The molecule has 6 heteroatoms. The lowest BCUT2D eigenvalue weighted by Gasteiger charge is -2.15. The van der Waals surface area contributed by atoms with Gasteiger partial charge < -0.3 is 9.47 Å². The van der Waals surface area contributed by atoms with Crippen molar-refractivity contribution >= 4 is 55.7 Å². The van der Waals surface area contributed by atoms with Gasteiger partial charge in [0.2, 0.25) is 5.96 Å². The maximum Gasteiger partial charge on any atom is 0.225 e. The lowest BCUT2D eigenvalue weighted by Crippen LogP contribution is -2.22. The third kappa shape index (κ3) is 6.21. The molecule has 0 bridgehead atoms. The Bertz CT molecular complexity index is 3710. The number of aliphatic imine (C=N–C) groups is 2. The Kier molecular flexibility index (Phi) is 8.56. The summed E-state index contributed by atoms with van der Waals surface area (Å²) in [4.78, 5) is 16.6. The predicted octanol–water partition coefficient (Wildman–Crippen LogP) is 14.3. The quantitative estimate of drug-likeness (QED) is 0.150. The lowest BCUT2D eigenvalue weighted by atomic mass is 9.94. The summed E-state index contributed by atoms with van der Waals surface area (Å²) in [5, 5.41) is 6.08. The average Bonchev–Trinajstić information content (AvgIpc) is 4.09. The van der Waals surface area contributed by atoms with Gasteiger partial charge in [-0.25, -0.2) is 15.0 Å². The van der Waals surface area contributed by atoms with E-state index in [9.17, 15) is 0 Å². The summed E-state index contributed by atoms with van der Waals surface area (Å²) in [7, 11) is 0. The maximum atomic E-state index is 5.18. The Morgan fingerprint density at radius 1 is 0.462 bits per heavy atom. The lowest BCUT2D eigenvalue weighted by molar-refractivity contribution is 0.546. The molecule has 65 heavy (non-hydrogen) atoms. The SMILES string of the molecule is C1=CN2CC(c3ccc(-c4ccc5c(ccc6cc7c(cc65)c(-c5ccccc5)c(-c5ccccc5)n7-c5ccc(-c6nc7ccccc7n6-c6ccccc6)cc5)c4)cc3)N=C2N=C1. The molecule has 0 amide bonds. The van der Waals surface area contributed by atoms with Gasteiger partial charge in [-0.3, -0.25) is 4.57 Å². The normalized spacial score (nSPS) is 14.5. The molecule has 0 spiro atoms. The molecule has 11 aromatic rings. The summed E-state index contributed by atoms with van der Waals surface area (Å²) in [5.74, 6) is 1.70. The second-order valence-electron chi connectivity index (χ2n) is 16.9. The second kappa shape index (κ2) is 15.0. The summed E-state index contributed by atoms with van der Waals surface area (Å²) >= 11 is 0. The molecule has 1 atom stereocenters. The minimum Gasteiger partial charge on any atom is -0.315 e. The molecule has 6 nitrogen and oxygen atoms in total. The van der Waals surface area contributed by atoms with Crippen LogP contribution in [0.25, 0.3) is 99.8 Å². The number of para-hydroxylation sites is 3. The van der Waals surface area contributed by atoms with Crippen LogP contribution in [0.4, 0.5) is 0 Å². The summed E-state index contributed by atoms with van der Waals surface area (Å²) < 4.78 is 4.72. The topological polar surface area (TPSA) is 50.7 Å². The molecule has 0 radical (unpaired) electrons. The average molecular weight is 833 g/mol. The van der Waals surface area contributed by atoms with E-state index >= 15 is 0 Å². The highest BCUT2D eigenvalue weighted by Crippen LogP contribution is 2.45. The zero-order valence-corrected chi connectivity index (χ0v) is 35.3. The highest BCUT2D eigenvalue weighted by molar-refractivity contribution is 6.17. The van der Waals surface area contributed by atoms with E-state index < -0.39 is 0 Å². The fourth-order valence-electron chi connectivity index (χ4n) is 9.97. The van der Waals surface area contributed by atoms with Crippen LogP contribution in [0.15, 0.2) is 229 Å². The van der Waals surface area contributed by atoms with Gasteiger partial charge in [-0.15, -0.1) is 0 Å². The fourth-order valence-corrected chi connectivity index (χ4v) is 9.97. The third-order valence-electron chi connectivity index (χ3n) is 13.1. The number of nitrogens with zero attached hydrogens (tertiary/aromatic N) is 6. The number of aromatic nitrogens is 3. The van der Waals surface area contributed by atoms with Crippen molar-refractivity contribution < 1.29 is 0 Å². The number of guanidine groups is 1. The van der Waals surface area contributed by atoms with Crippen LogP contribution in [0.3, 0.4) is 0 Å². The van der Waals surface area contributed by atoms with Crippen molar-refractivity contribution in [3.8, 4) is 56.3 Å². The molecule has 0 fully saturated rings. The first-order valence-electron chi connectivity index (χ1n) is 22.2. The van der Waals surface area contributed by atoms with E-state index in [2.05, 4.69) is 231 Å². The Morgan fingerprint density at radius 3 is 1.89 bits per heavy atom. The Labute approximate surface area is 376 Å². The first-order chi connectivity index (χ1) is 32.2. The summed E-state index contributed by atoms with van der Waals surface area (Å²) in [6.45, 7) is 0.813. The van der Waals surface area contributed by atoms with Crippen LogP contribution in [0, 0.1) is 0 Å². The molecule has 4 heterocycles. The van der Waals surface area contributed by atoms with Gasteiger partial charge in [-0.1, -0.05) is 140 Å². The van der Waals surface area contributed by atoms with Gasteiger partial charge in [-0.2, -0.15) is 0 Å². The standard InChI is InChI=1S/C59H40N6/c1-4-13-41(14-5-1)56-51-37-50-46(26-25-45-35-44(29-32-49(45)50)39-21-23-40(24-22-39)53-38-63-34-12-33-60-59(63)62-53)36-55(51)64(57(56)42-15-6-2-7-16-42)48-30-27-43(28-31-48)58-61-52-19-10-11-20-54(52)65(58)47-17-8-3-9-18-47/h1-37,53H,38H2. The zero-order chi connectivity index (χ0) is 42.8. The van der Waals surface area contributed by atoms with E-state index in [1.807, 2.05) is 6.08 Å². The number of fused-ring (bicyclic) bond motifs is 6. The smallest absolute Gasteiger partial charge is 0.225 e. The molecular weight excluding hydrogens is 793 g/mol. The minimum absolute atomic E-state index is 0.0763. The molecule has 2 aliphatic heterocycles. The van der Waals surface area contributed by atoms with Crippen molar-refractivity contribution in [3.05, 3.63) is 224 Å². The van der Waals surface area contributed by atoms with Crippen LogP contribution in [0.2, 0.25) is 0 Å². The van der Waals surface area contributed by atoms with Crippen molar-refractivity contribution in [1.29, 1.82) is 0 Å². The van der Waals surface area contributed by atoms with Crippen LogP contribution in [0.1, 0.15) is 11.6 Å². The highest BCUT2D eigenvalue weighted by atomic mass is 15.3. The first-order valence-corrected chi connectivity index (χ1v) is 22.2. The van der Waals surface area contributed by atoms with E-state index in [0.717, 1.165) is 63.1 Å². The van der Waals surface area contributed by atoms with E-state index in [-0.39, 0.29) is 6.04 Å². The number of allylic oxidation sites excluding steroid dienone is 1. The predicted molar refractivity (Wildman–Crippen MR) is 269 cm³/mol. The Hall–Kier alpha value is -8.61. The molecule has 13 rings (SSSR count). The third-order valence-corrected chi connectivity index (χ3v) is 13.1. The molecular formula is C59H40N6. The minimum atomic E-state index is 0.0763.